The lowest BCUT2D eigenvalue weighted by atomic mass is 10.2. The van der Waals surface area contributed by atoms with Gasteiger partial charge in [0.25, 0.3) is 0 Å². The molecule has 0 amide bonds. The van der Waals surface area contributed by atoms with Crippen LogP contribution in [-0.2, 0) is 0 Å². The molecule has 1 aromatic carbocycles. The lowest BCUT2D eigenvalue weighted by Gasteiger charge is -2.12. The number of methoxy groups -OCH3 is 1. The Morgan fingerprint density at radius 3 is 2.71 bits per heavy atom. The summed E-state index contributed by atoms with van der Waals surface area (Å²) in [5.41, 5.74) is 0.772. The van der Waals surface area contributed by atoms with Crippen molar-refractivity contribution < 1.29 is 18.3 Å². The summed E-state index contributed by atoms with van der Waals surface area (Å²) in [6.07, 6.45) is 2.48. The Bertz CT molecular complexity index is 381. The van der Waals surface area contributed by atoms with E-state index in [1.807, 2.05) is 0 Å². The molecule has 3 nitrogen and oxygen atoms in total. The van der Waals surface area contributed by atoms with Gasteiger partial charge in [0.15, 0.2) is 11.5 Å². The van der Waals surface area contributed by atoms with E-state index in [1.165, 1.54) is 26.0 Å². The minimum absolute atomic E-state index is 0.0586. The first-order valence-corrected chi connectivity index (χ1v) is 5.55. The number of rotatable bonds is 6. The van der Waals surface area contributed by atoms with E-state index in [0.29, 0.717) is 5.75 Å². The Morgan fingerprint density at radius 2 is 2.12 bits per heavy atom. The molecule has 0 heterocycles. The first kappa shape index (κ1) is 12.0. The highest BCUT2D eigenvalue weighted by Gasteiger charge is 2.20. The summed E-state index contributed by atoms with van der Waals surface area (Å²) in [7, 11) is 1.42. The number of ether oxygens (including phenoxy) is 2. The minimum Gasteiger partial charge on any atom is -0.493 e. The molecule has 1 fully saturated rings. The molecule has 0 saturated heterocycles. The molecule has 0 bridgehead atoms. The molecule has 5 heteroatoms. The van der Waals surface area contributed by atoms with Crippen LogP contribution < -0.4 is 14.8 Å². The van der Waals surface area contributed by atoms with Crippen LogP contribution in [0.1, 0.15) is 12.8 Å². The van der Waals surface area contributed by atoms with Gasteiger partial charge < -0.3 is 14.8 Å². The molecule has 0 aliphatic heterocycles. The average molecular weight is 243 g/mol. The van der Waals surface area contributed by atoms with E-state index in [9.17, 15) is 8.78 Å². The van der Waals surface area contributed by atoms with Crippen LogP contribution in [0.15, 0.2) is 18.2 Å². The zero-order valence-electron chi connectivity index (χ0n) is 9.58. The second-order valence-electron chi connectivity index (χ2n) is 4.07. The molecular formula is C12H15F2NO2. The highest BCUT2D eigenvalue weighted by molar-refractivity contribution is 5.54. The fourth-order valence-corrected chi connectivity index (χ4v) is 1.56. The summed E-state index contributed by atoms with van der Waals surface area (Å²) in [4.78, 5) is 0. The summed E-state index contributed by atoms with van der Waals surface area (Å²) in [5, 5.41) is 3.19. The van der Waals surface area contributed by atoms with Gasteiger partial charge in [0.1, 0.15) is 0 Å². The Kier molecular flexibility index (Phi) is 3.66. The highest BCUT2D eigenvalue weighted by Crippen LogP contribution is 2.33. The number of halogens is 2. The van der Waals surface area contributed by atoms with Gasteiger partial charge in [-0.2, -0.15) is 8.78 Å². The zero-order chi connectivity index (χ0) is 12.3. The number of hydrogen-bond donors (Lipinski definition) is 1. The molecule has 0 aromatic heterocycles. The standard InChI is InChI=1S/C12H15F2NO2/c1-16-10-5-4-9(15-7-8-2-3-8)6-11(10)17-12(13)14/h4-6,8,12,15H,2-3,7H2,1H3. The van der Waals surface area contributed by atoms with Crippen molar-refractivity contribution in [3.63, 3.8) is 0 Å². The van der Waals surface area contributed by atoms with Gasteiger partial charge in [0, 0.05) is 18.3 Å². The molecule has 1 aliphatic carbocycles. The van der Waals surface area contributed by atoms with Crippen LogP contribution in [-0.4, -0.2) is 20.3 Å². The van der Waals surface area contributed by atoms with Crippen molar-refractivity contribution in [1.82, 2.24) is 0 Å². The van der Waals surface area contributed by atoms with Crippen molar-refractivity contribution in [3.8, 4) is 11.5 Å². The van der Waals surface area contributed by atoms with Crippen LogP contribution in [0.4, 0.5) is 14.5 Å². The van der Waals surface area contributed by atoms with E-state index in [1.54, 1.807) is 12.1 Å². The van der Waals surface area contributed by atoms with Crippen LogP contribution in [0.5, 0.6) is 11.5 Å². The van der Waals surface area contributed by atoms with E-state index in [0.717, 1.165) is 18.2 Å². The largest absolute Gasteiger partial charge is 0.493 e. The van der Waals surface area contributed by atoms with Crippen LogP contribution in [0.3, 0.4) is 0 Å². The fraction of sp³-hybridized carbons (Fsp3) is 0.500. The van der Waals surface area contributed by atoms with Crippen molar-refractivity contribution in [2.75, 3.05) is 19.0 Å². The maximum absolute atomic E-state index is 12.2. The minimum atomic E-state index is -2.84. The lowest BCUT2D eigenvalue weighted by molar-refractivity contribution is -0.0511. The summed E-state index contributed by atoms with van der Waals surface area (Å²) in [6.45, 7) is -1.97. The second-order valence-corrected chi connectivity index (χ2v) is 4.07. The number of hydrogen-bond acceptors (Lipinski definition) is 3. The Morgan fingerprint density at radius 1 is 1.35 bits per heavy atom. The van der Waals surface area contributed by atoms with Gasteiger partial charge in [-0.15, -0.1) is 0 Å². The van der Waals surface area contributed by atoms with Gasteiger partial charge in [-0.1, -0.05) is 0 Å². The van der Waals surface area contributed by atoms with Crippen LogP contribution in [0.25, 0.3) is 0 Å². The molecule has 1 N–H and O–H groups in total. The first-order valence-electron chi connectivity index (χ1n) is 5.55. The molecular weight excluding hydrogens is 228 g/mol. The quantitative estimate of drug-likeness (QED) is 0.832. The van der Waals surface area contributed by atoms with Gasteiger partial charge in [0.2, 0.25) is 0 Å². The Balaban J connectivity index is 2.05. The number of anilines is 1. The summed E-state index contributed by atoms with van der Waals surface area (Å²) in [5.74, 6) is 1.09. The molecule has 94 valence electrons. The van der Waals surface area contributed by atoms with Crippen molar-refractivity contribution in [1.29, 1.82) is 0 Å². The maximum Gasteiger partial charge on any atom is 0.387 e. The van der Waals surface area contributed by atoms with Crippen molar-refractivity contribution in [2.45, 2.75) is 19.5 Å². The lowest BCUT2D eigenvalue weighted by Crippen LogP contribution is -2.06. The van der Waals surface area contributed by atoms with Crippen molar-refractivity contribution in [2.24, 2.45) is 5.92 Å². The third-order valence-corrected chi connectivity index (χ3v) is 2.67. The fourth-order valence-electron chi connectivity index (χ4n) is 1.56. The van der Waals surface area contributed by atoms with Crippen molar-refractivity contribution in [3.05, 3.63) is 18.2 Å². The summed E-state index contributed by atoms with van der Waals surface area (Å²) < 4.78 is 33.7. The average Bonchev–Trinajstić information content (AvgIpc) is 3.09. The molecule has 2 rings (SSSR count). The molecule has 0 spiro atoms. The van der Waals surface area contributed by atoms with Gasteiger partial charge in [0.05, 0.1) is 7.11 Å². The first-order chi connectivity index (χ1) is 8.19. The van der Waals surface area contributed by atoms with Gasteiger partial charge >= 0.3 is 6.61 Å². The van der Waals surface area contributed by atoms with E-state index in [4.69, 9.17) is 4.74 Å². The maximum atomic E-state index is 12.2. The van der Waals surface area contributed by atoms with E-state index < -0.39 is 6.61 Å². The third kappa shape index (κ3) is 3.47. The van der Waals surface area contributed by atoms with Crippen molar-refractivity contribution >= 4 is 5.69 Å². The third-order valence-electron chi connectivity index (χ3n) is 2.67. The topological polar surface area (TPSA) is 30.5 Å². The zero-order valence-corrected chi connectivity index (χ0v) is 9.58. The second kappa shape index (κ2) is 5.21. The Hall–Kier alpha value is -1.52. The smallest absolute Gasteiger partial charge is 0.387 e. The van der Waals surface area contributed by atoms with Gasteiger partial charge in [-0.25, -0.2) is 0 Å². The number of alkyl halides is 2. The molecule has 0 radical (unpaired) electrons. The van der Waals surface area contributed by atoms with Crippen LogP contribution >= 0.6 is 0 Å². The number of benzene rings is 1. The van der Waals surface area contributed by atoms with E-state index in [2.05, 4.69) is 10.1 Å². The molecule has 0 unspecified atom stereocenters. The SMILES string of the molecule is COc1ccc(NCC2CC2)cc1OC(F)F. The monoisotopic (exact) mass is 243 g/mol. The normalized spacial score (nSPS) is 14.8. The van der Waals surface area contributed by atoms with Gasteiger partial charge in [-0.05, 0) is 30.9 Å². The Labute approximate surface area is 98.7 Å². The summed E-state index contributed by atoms with van der Waals surface area (Å²) >= 11 is 0. The van der Waals surface area contributed by atoms with Crippen LogP contribution in [0, 0.1) is 5.92 Å². The summed E-state index contributed by atoms with van der Waals surface area (Å²) in [6, 6.07) is 4.94. The molecule has 1 aromatic rings. The molecule has 0 atom stereocenters. The predicted molar refractivity (Wildman–Crippen MR) is 60.8 cm³/mol. The number of nitrogens with one attached hydrogen (secondary N) is 1. The van der Waals surface area contributed by atoms with E-state index >= 15 is 0 Å². The molecule has 1 aliphatic rings. The molecule has 17 heavy (non-hydrogen) atoms. The molecule has 1 saturated carbocycles. The van der Waals surface area contributed by atoms with Crippen LogP contribution in [0.2, 0.25) is 0 Å². The van der Waals surface area contributed by atoms with E-state index in [-0.39, 0.29) is 5.75 Å². The predicted octanol–water partition coefficient (Wildman–Crippen LogP) is 3.12. The van der Waals surface area contributed by atoms with Gasteiger partial charge in [-0.3, -0.25) is 0 Å². The highest BCUT2D eigenvalue weighted by atomic mass is 19.3.